The van der Waals surface area contributed by atoms with Gasteiger partial charge in [0.25, 0.3) is 0 Å². The predicted molar refractivity (Wildman–Crippen MR) is 134 cm³/mol. The van der Waals surface area contributed by atoms with Gasteiger partial charge in [-0.3, -0.25) is 4.79 Å². The summed E-state index contributed by atoms with van der Waals surface area (Å²) < 4.78 is 32.2. The molecule has 4 aliphatic rings. The molecule has 0 aromatic carbocycles. The van der Waals surface area contributed by atoms with E-state index in [2.05, 4.69) is 26.1 Å². The van der Waals surface area contributed by atoms with Crippen LogP contribution in [-0.2, 0) is 14.9 Å². The summed E-state index contributed by atoms with van der Waals surface area (Å²) in [6, 6.07) is 0. The molecule has 4 aliphatic carbocycles. The van der Waals surface area contributed by atoms with E-state index in [9.17, 15) is 33.1 Å². The van der Waals surface area contributed by atoms with Crippen molar-refractivity contribution in [2.45, 2.75) is 96.9 Å². The van der Waals surface area contributed by atoms with Gasteiger partial charge in [-0.1, -0.05) is 20.8 Å². The monoisotopic (exact) mass is 555 g/mol. The number of carbonyl (C=O) groups is 1. The van der Waals surface area contributed by atoms with Crippen LogP contribution in [0.1, 0.15) is 78.6 Å². The molecule has 4 saturated carbocycles. The summed E-state index contributed by atoms with van der Waals surface area (Å²) in [5.41, 5.74) is -0.267. The molecule has 37 heavy (non-hydrogen) atoms. The second-order valence-corrected chi connectivity index (χ2v) is 14.2. The number of hydrogen-bond donors (Lipinski definition) is 4. The molecule has 0 aliphatic heterocycles. The average Bonchev–Trinajstić information content (AvgIpc) is 3.12. The number of fused-ring (bicyclic) bond motifs is 5. The van der Waals surface area contributed by atoms with Crippen molar-refractivity contribution in [2.24, 2.45) is 46.3 Å². The van der Waals surface area contributed by atoms with E-state index in [-0.39, 0.29) is 100 Å². The topological polar surface area (TPSA) is 178 Å². The molecule has 9 nitrogen and oxygen atoms in total. The molecule has 0 aromatic rings. The average molecular weight is 556 g/mol. The first kappa shape index (κ1) is 33.4. The molecular weight excluding hydrogens is 509 g/mol. The maximum Gasteiger partial charge on any atom is 1.00 e. The van der Waals surface area contributed by atoms with Gasteiger partial charge < -0.3 is 30.7 Å². The van der Waals surface area contributed by atoms with E-state index < -0.39 is 28.1 Å². The van der Waals surface area contributed by atoms with Crippen LogP contribution in [0.4, 0.5) is 0 Å². The number of aliphatic hydroxyl groups excluding tert-OH is 3. The molecule has 0 radical (unpaired) electrons. The number of carbonyl (C=O) groups excluding carboxylic acids is 1. The third kappa shape index (κ3) is 6.43. The summed E-state index contributed by atoms with van der Waals surface area (Å²) >= 11 is 0. The van der Waals surface area contributed by atoms with E-state index in [4.69, 9.17) is 0 Å². The first-order chi connectivity index (χ1) is 16.3. The third-order valence-electron chi connectivity index (χ3n) is 11.0. The van der Waals surface area contributed by atoms with Crippen molar-refractivity contribution in [3.05, 3.63) is 0 Å². The molecule has 210 valence electrons. The number of aliphatic hydroxyl groups is 3. The first-order valence-corrected chi connectivity index (χ1v) is 15.1. The SMILES string of the molecule is C[C@H](CCC(=O)NCCS(=O)(=O)[O-])[C@H]1CCC2C3C(C[C@H](O)[C@@]21C)[C@@]1(C)CC[C@@H](O)C[C@H]1C[C@H]3O.O.[Na+]. The van der Waals surface area contributed by atoms with E-state index in [1.807, 2.05) is 0 Å². The number of hydrogen-bond acceptors (Lipinski definition) is 7. The fraction of sp³-hybridized carbons (Fsp3) is 0.962. The molecule has 0 heterocycles. The minimum absolute atomic E-state index is 0. The van der Waals surface area contributed by atoms with Crippen LogP contribution < -0.4 is 34.9 Å². The second kappa shape index (κ2) is 12.4. The van der Waals surface area contributed by atoms with Crippen LogP contribution in [0.3, 0.4) is 0 Å². The summed E-state index contributed by atoms with van der Waals surface area (Å²) in [7, 11) is -4.35. The van der Waals surface area contributed by atoms with Crippen molar-refractivity contribution in [3.8, 4) is 0 Å². The van der Waals surface area contributed by atoms with Crippen molar-refractivity contribution >= 4 is 16.0 Å². The zero-order valence-corrected chi connectivity index (χ0v) is 25.7. The van der Waals surface area contributed by atoms with Crippen molar-refractivity contribution in [1.82, 2.24) is 5.32 Å². The summed E-state index contributed by atoms with van der Waals surface area (Å²) in [6.45, 7) is 6.48. The van der Waals surface area contributed by atoms with Crippen molar-refractivity contribution < 1.29 is 68.1 Å². The Balaban J connectivity index is 0.00000241. The molecule has 11 atom stereocenters. The molecule has 4 rings (SSSR count). The second-order valence-electron chi connectivity index (χ2n) is 12.7. The number of amides is 1. The molecule has 0 aromatic heterocycles. The van der Waals surface area contributed by atoms with Gasteiger partial charge in [0.05, 0.1) is 34.2 Å². The van der Waals surface area contributed by atoms with Gasteiger partial charge in [-0.2, -0.15) is 0 Å². The Hall–Kier alpha value is 0.220. The van der Waals surface area contributed by atoms with Gasteiger partial charge >= 0.3 is 29.6 Å². The minimum atomic E-state index is -4.35. The van der Waals surface area contributed by atoms with E-state index in [0.717, 1.165) is 38.5 Å². The maximum absolute atomic E-state index is 12.2. The number of rotatable bonds is 7. The molecule has 1 amide bonds. The van der Waals surface area contributed by atoms with Gasteiger partial charge in [-0.05, 0) is 97.7 Å². The van der Waals surface area contributed by atoms with E-state index in [0.29, 0.717) is 18.8 Å². The Bertz CT molecular complexity index is 905. The van der Waals surface area contributed by atoms with Crippen LogP contribution in [0.2, 0.25) is 0 Å². The molecule has 3 unspecified atom stereocenters. The van der Waals surface area contributed by atoms with E-state index in [1.165, 1.54) is 0 Å². The van der Waals surface area contributed by atoms with Gasteiger partial charge in [-0.15, -0.1) is 0 Å². The van der Waals surface area contributed by atoms with E-state index >= 15 is 0 Å². The van der Waals surface area contributed by atoms with Gasteiger partial charge in [-0.25, -0.2) is 8.42 Å². The smallest absolute Gasteiger partial charge is 0.748 e. The molecular formula is C26H46NNaO8S. The third-order valence-corrected chi connectivity index (χ3v) is 11.7. The van der Waals surface area contributed by atoms with Crippen LogP contribution in [0.15, 0.2) is 0 Å². The Morgan fingerprint density at radius 1 is 1.08 bits per heavy atom. The predicted octanol–water partition coefficient (Wildman–Crippen LogP) is -1.80. The molecule has 6 N–H and O–H groups in total. The molecule has 0 bridgehead atoms. The van der Waals surface area contributed by atoms with E-state index in [1.54, 1.807) is 0 Å². The standard InChI is InChI=1S/C26H45NO7S.Na.H2O/c1-15(4-7-23(31)27-10-11-35(32,33)34)18-5-6-19-24-20(14-22(30)26(18,19)3)25(2)9-8-17(28)12-16(25)13-21(24)29;;/h15-22,24,28-30H,4-14H2,1-3H3,(H,27,31)(H,32,33,34);;1H2/q;+1;/p-1/t15-,16+,17-,18-,19?,20?,21-,22+,24?,25+,26-;;/m1../s1. The molecule has 0 saturated heterocycles. The van der Waals surface area contributed by atoms with Crippen LogP contribution in [0, 0.1) is 46.3 Å². The fourth-order valence-electron chi connectivity index (χ4n) is 9.10. The van der Waals surface area contributed by atoms with Crippen LogP contribution in [0.5, 0.6) is 0 Å². The zero-order chi connectivity index (χ0) is 25.8. The van der Waals surface area contributed by atoms with Crippen LogP contribution in [-0.4, -0.2) is 70.3 Å². The normalized spacial score (nSPS) is 43.8. The van der Waals surface area contributed by atoms with Crippen molar-refractivity contribution in [1.29, 1.82) is 0 Å². The van der Waals surface area contributed by atoms with Crippen LogP contribution in [0.25, 0.3) is 0 Å². The molecule has 11 heteroatoms. The summed E-state index contributed by atoms with van der Waals surface area (Å²) in [5, 5.41) is 35.7. The van der Waals surface area contributed by atoms with Gasteiger partial charge in [0.2, 0.25) is 5.91 Å². The first-order valence-electron chi connectivity index (χ1n) is 13.5. The van der Waals surface area contributed by atoms with Gasteiger partial charge in [0.1, 0.15) is 0 Å². The Labute approximate surface area is 243 Å². The fourth-order valence-corrected chi connectivity index (χ4v) is 9.45. The summed E-state index contributed by atoms with van der Waals surface area (Å²) in [6.07, 6.45) is 5.58. The Morgan fingerprint density at radius 3 is 2.41 bits per heavy atom. The van der Waals surface area contributed by atoms with Crippen LogP contribution >= 0.6 is 0 Å². The van der Waals surface area contributed by atoms with Crippen molar-refractivity contribution in [2.75, 3.05) is 12.3 Å². The molecule has 0 spiro atoms. The quantitative estimate of drug-likeness (QED) is 0.211. The van der Waals surface area contributed by atoms with Gasteiger partial charge in [0, 0.05) is 13.0 Å². The number of nitrogens with one attached hydrogen (secondary N) is 1. The maximum atomic E-state index is 12.2. The molecule has 4 fully saturated rings. The largest absolute Gasteiger partial charge is 1.00 e. The summed E-state index contributed by atoms with van der Waals surface area (Å²) in [5.74, 6) is 0.522. The Morgan fingerprint density at radius 2 is 1.76 bits per heavy atom. The van der Waals surface area contributed by atoms with Gasteiger partial charge in [0.15, 0.2) is 0 Å². The Kier molecular flexibility index (Phi) is 11.2. The summed E-state index contributed by atoms with van der Waals surface area (Å²) in [4.78, 5) is 12.2. The van der Waals surface area contributed by atoms with Crippen molar-refractivity contribution in [3.63, 3.8) is 0 Å². The zero-order valence-electron chi connectivity index (χ0n) is 22.9. The minimum Gasteiger partial charge on any atom is -0.748 e.